The molecule has 1 aliphatic carbocycles. The van der Waals surface area contributed by atoms with E-state index in [9.17, 15) is 0 Å². The van der Waals surface area contributed by atoms with Gasteiger partial charge in [0.05, 0.1) is 11.1 Å². The van der Waals surface area contributed by atoms with Crippen LogP contribution in [-0.2, 0) is 10.4 Å². The molecule has 0 amide bonds. The van der Waals surface area contributed by atoms with E-state index in [4.69, 9.17) is 4.84 Å². The Morgan fingerprint density at radius 1 is 0.850 bits per heavy atom. The topological polar surface area (TPSA) is 12.5 Å². The highest BCUT2D eigenvalue weighted by molar-refractivity contribution is 5.40. The molecule has 1 heterocycles. The van der Waals surface area contributed by atoms with Crippen LogP contribution >= 0.6 is 0 Å². The van der Waals surface area contributed by atoms with Crippen molar-refractivity contribution < 1.29 is 4.84 Å². The zero-order valence-electron chi connectivity index (χ0n) is 11.8. The number of hydrogen-bond donors (Lipinski definition) is 0. The van der Waals surface area contributed by atoms with Gasteiger partial charge in [0, 0.05) is 13.5 Å². The summed E-state index contributed by atoms with van der Waals surface area (Å²) in [4.78, 5) is 6.22. The third kappa shape index (κ3) is 1.65. The Bertz CT molecular complexity index is 564. The van der Waals surface area contributed by atoms with Crippen molar-refractivity contribution in [3.63, 3.8) is 0 Å². The van der Waals surface area contributed by atoms with Gasteiger partial charge in [0.2, 0.25) is 0 Å². The van der Waals surface area contributed by atoms with Crippen LogP contribution < -0.4 is 0 Å². The molecule has 2 fully saturated rings. The molecule has 0 bridgehead atoms. The van der Waals surface area contributed by atoms with E-state index in [0.29, 0.717) is 0 Å². The molecule has 2 aromatic carbocycles. The molecule has 4 rings (SSSR count). The molecule has 2 aliphatic rings. The van der Waals surface area contributed by atoms with Gasteiger partial charge in [-0.3, -0.25) is 4.84 Å². The van der Waals surface area contributed by atoms with Crippen LogP contribution in [0.2, 0.25) is 0 Å². The van der Waals surface area contributed by atoms with Crippen LogP contribution in [0.3, 0.4) is 0 Å². The van der Waals surface area contributed by atoms with Crippen LogP contribution in [0.1, 0.15) is 30.4 Å². The van der Waals surface area contributed by atoms with Crippen LogP contribution in [0.4, 0.5) is 0 Å². The molecule has 2 aromatic rings. The number of nitrogens with zero attached hydrogens (tertiary/aromatic N) is 1. The Labute approximate surface area is 119 Å². The summed E-state index contributed by atoms with van der Waals surface area (Å²) in [6.45, 7) is 0. The first-order valence-corrected chi connectivity index (χ1v) is 7.29. The number of hydroxylamine groups is 2. The third-order valence-corrected chi connectivity index (χ3v) is 4.76. The largest absolute Gasteiger partial charge is 0.291 e. The summed E-state index contributed by atoms with van der Waals surface area (Å²) in [5, 5.41) is 2.09. The molecule has 0 radical (unpaired) electrons. The maximum atomic E-state index is 6.22. The molecule has 1 spiro atoms. The van der Waals surface area contributed by atoms with Gasteiger partial charge in [0.15, 0.2) is 0 Å². The molecular weight excluding hydrogens is 246 g/mol. The minimum absolute atomic E-state index is 0.0838. The van der Waals surface area contributed by atoms with Crippen LogP contribution in [-0.4, -0.2) is 17.7 Å². The average molecular weight is 265 g/mol. The van der Waals surface area contributed by atoms with Crippen molar-refractivity contribution in [3.8, 4) is 0 Å². The van der Waals surface area contributed by atoms with Gasteiger partial charge >= 0.3 is 0 Å². The van der Waals surface area contributed by atoms with Crippen molar-refractivity contribution in [2.24, 2.45) is 0 Å². The van der Waals surface area contributed by atoms with Crippen molar-refractivity contribution >= 4 is 0 Å². The molecule has 0 aromatic heterocycles. The van der Waals surface area contributed by atoms with Crippen molar-refractivity contribution in [2.75, 3.05) is 7.05 Å². The third-order valence-electron chi connectivity index (χ3n) is 4.76. The zero-order chi connectivity index (χ0) is 13.6. The highest BCUT2D eigenvalue weighted by atomic mass is 16.7. The van der Waals surface area contributed by atoms with E-state index in [1.54, 1.807) is 0 Å². The highest BCUT2D eigenvalue weighted by Gasteiger charge is 2.61. The first kappa shape index (κ1) is 12.1. The number of benzene rings is 2. The van der Waals surface area contributed by atoms with Gasteiger partial charge in [-0.1, -0.05) is 60.7 Å². The second kappa shape index (κ2) is 4.18. The molecule has 20 heavy (non-hydrogen) atoms. The summed E-state index contributed by atoms with van der Waals surface area (Å²) >= 11 is 0. The van der Waals surface area contributed by atoms with E-state index in [1.165, 1.54) is 24.0 Å². The molecule has 1 saturated heterocycles. The van der Waals surface area contributed by atoms with Gasteiger partial charge < -0.3 is 0 Å². The average Bonchev–Trinajstić information content (AvgIpc) is 3.18. The molecular formula is C18H19NO. The first-order chi connectivity index (χ1) is 9.75. The monoisotopic (exact) mass is 265 g/mol. The molecule has 1 saturated carbocycles. The Morgan fingerprint density at radius 3 is 1.75 bits per heavy atom. The summed E-state index contributed by atoms with van der Waals surface area (Å²) in [5.74, 6) is 0. The minimum atomic E-state index is -0.154. The highest BCUT2D eigenvalue weighted by Crippen LogP contribution is 2.58. The van der Waals surface area contributed by atoms with Crippen molar-refractivity contribution in [1.82, 2.24) is 5.06 Å². The lowest BCUT2D eigenvalue weighted by atomic mass is 9.78. The number of rotatable bonds is 2. The fraction of sp³-hybridized carbons (Fsp3) is 0.333. The predicted molar refractivity (Wildman–Crippen MR) is 79.1 cm³/mol. The smallest absolute Gasteiger partial charge is 0.0985 e. The minimum Gasteiger partial charge on any atom is -0.291 e. The summed E-state index contributed by atoms with van der Waals surface area (Å²) < 4.78 is 0. The molecule has 0 N–H and O–H groups in total. The quantitative estimate of drug-likeness (QED) is 0.820. The van der Waals surface area contributed by atoms with E-state index >= 15 is 0 Å². The van der Waals surface area contributed by atoms with Gasteiger partial charge in [-0.05, 0) is 24.0 Å². The van der Waals surface area contributed by atoms with E-state index in [1.807, 2.05) is 0 Å². The summed E-state index contributed by atoms with van der Waals surface area (Å²) in [7, 11) is 2.08. The Balaban J connectivity index is 1.90. The summed E-state index contributed by atoms with van der Waals surface area (Å²) in [5.41, 5.74) is 2.56. The van der Waals surface area contributed by atoms with Gasteiger partial charge in [0.25, 0.3) is 0 Å². The fourth-order valence-electron chi connectivity index (χ4n) is 3.55. The van der Waals surface area contributed by atoms with Crippen LogP contribution in [0.15, 0.2) is 60.7 Å². The molecule has 1 aliphatic heterocycles. The predicted octanol–water partition coefficient (Wildman–Crippen LogP) is 3.73. The van der Waals surface area contributed by atoms with Gasteiger partial charge in [-0.2, -0.15) is 5.06 Å². The van der Waals surface area contributed by atoms with Gasteiger partial charge in [-0.25, -0.2) is 0 Å². The Hall–Kier alpha value is -1.64. The van der Waals surface area contributed by atoms with E-state index in [-0.39, 0.29) is 11.1 Å². The lowest BCUT2D eigenvalue weighted by molar-refractivity contribution is -0.171. The molecule has 2 heteroatoms. The second-order valence-electron chi connectivity index (χ2n) is 6.04. The van der Waals surface area contributed by atoms with Crippen LogP contribution in [0.25, 0.3) is 0 Å². The Kier molecular flexibility index (Phi) is 2.53. The molecule has 2 nitrogen and oxygen atoms in total. The summed E-state index contributed by atoms with van der Waals surface area (Å²) in [6, 6.07) is 21.5. The maximum absolute atomic E-state index is 6.22. The van der Waals surface area contributed by atoms with E-state index in [2.05, 4.69) is 72.8 Å². The SMILES string of the molecule is CN1OC2(CC2)CC1(c1ccccc1)c1ccccc1. The summed E-state index contributed by atoms with van der Waals surface area (Å²) in [6.07, 6.45) is 3.40. The van der Waals surface area contributed by atoms with Gasteiger partial charge in [-0.15, -0.1) is 0 Å². The van der Waals surface area contributed by atoms with Crippen molar-refractivity contribution in [3.05, 3.63) is 71.8 Å². The Morgan fingerprint density at radius 2 is 1.35 bits per heavy atom. The normalized spacial score (nSPS) is 23.1. The maximum Gasteiger partial charge on any atom is 0.0985 e. The molecule has 102 valence electrons. The van der Waals surface area contributed by atoms with E-state index < -0.39 is 0 Å². The first-order valence-electron chi connectivity index (χ1n) is 7.29. The molecule has 0 unspecified atom stereocenters. The fourth-order valence-corrected chi connectivity index (χ4v) is 3.55. The lowest BCUT2D eigenvalue weighted by Crippen LogP contribution is -2.38. The lowest BCUT2D eigenvalue weighted by Gasteiger charge is -2.35. The van der Waals surface area contributed by atoms with Crippen LogP contribution in [0, 0.1) is 0 Å². The van der Waals surface area contributed by atoms with Gasteiger partial charge in [0.1, 0.15) is 0 Å². The standard InChI is InChI=1S/C18H19NO/c1-19-18(14-17(20-19)12-13-17,15-8-4-2-5-9-15)16-10-6-3-7-11-16/h2-11H,12-14H2,1H3. The van der Waals surface area contributed by atoms with E-state index in [0.717, 1.165) is 6.42 Å². The van der Waals surface area contributed by atoms with Crippen LogP contribution in [0.5, 0.6) is 0 Å². The van der Waals surface area contributed by atoms with Crippen molar-refractivity contribution in [2.45, 2.75) is 30.4 Å². The second-order valence-corrected chi connectivity index (χ2v) is 6.04. The number of hydrogen-bond acceptors (Lipinski definition) is 2. The zero-order valence-corrected chi connectivity index (χ0v) is 11.8. The molecule has 0 atom stereocenters. The van der Waals surface area contributed by atoms with Crippen molar-refractivity contribution in [1.29, 1.82) is 0 Å².